The van der Waals surface area contributed by atoms with Gasteiger partial charge in [-0.15, -0.1) is 0 Å². The fraction of sp³-hybridized carbons (Fsp3) is 0.229. The van der Waals surface area contributed by atoms with Gasteiger partial charge in [-0.3, -0.25) is 4.99 Å². The lowest BCUT2D eigenvalue weighted by molar-refractivity contribution is 0.327. The number of nitrogens with zero attached hydrogens (tertiary/aromatic N) is 1. The van der Waals surface area contributed by atoms with Crippen molar-refractivity contribution >= 4 is 39.3 Å². The van der Waals surface area contributed by atoms with E-state index in [-0.39, 0.29) is 27.5 Å². The molecule has 4 aromatic carbocycles. The highest BCUT2D eigenvalue weighted by Gasteiger charge is 2.37. The first-order chi connectivity index (χ1) is 20.7. The Balaban J connectivity index is 1.21. The fourth-order valence-corrected chi connectivity index (χ4v) is 7.09. The Morgan fingerprint density at radius 2 is 1.72 bits per heavy atom. The second kappa shape index (κ2) is 11.9. The Morgan fingerprint density at radius 1 is 0.977 bits per heavy atom. The standard InChI is InChI=1S/C35H33ClN2O4S/c1-4-41-33-20-24(19-31(36)35(33)42-43(39,40)27-15-8-22(2)9-16-27)21-37-26-13-11-25(12-14-26)34-29-7-5-6-28(29)30-18-23(3)10-17-32(30)38-34/h5-6,8-21,28-29,34,38H,4,7H2,1-3H3/t28-,29+,34+/m1/s1. The van der Waals surface area contributed by atoms with Gasteiger partial charge in [0, 0.05) is 17.8 Å². The molecule has 4 aromatic rings. The summed E-state index contributed by atoms with van der Waals surface area (Å²) < 4.78 is 37.0. The third-order valence-corrected chi connectivity index (χ3v) is 9.48. The SMILES string of the molecule is CCOc1cc(C=Nc2ccc([C@@H]3Nc4ccc(C)cc4[C@@H]4C=CC[C@@H]43)cc2)cc(Cl)c1OS(=O)(=O)c1ccc(C)cc1. The van der Waals surface area contributed by atoms with Gasteiger partial charge in [0.2, 0.25) is 5.75 Å². The Bertz CT molecular complexity index is 1820. The first kappa shape index (κ1) is 29.0. The van der Waals surface area contributed by atoms with Gasteiger partial charge in [-0.2, -0.15) is 8.42 Å². The number of aliphatic imine (C=N–C) groups is 1. The minimum Gasteiger partial charge on any atom is -0.490 e. The number of allylic oxidation sites excluding steroid dienone is 2. The van der Waals surface area contributed by atoms with Crippen molar-refractivity contribution in [1.29, 1.82) is 0 Å². The summed E-state index contributed by atoms with van der Waals surface area (Å²) >= 11 is 6.52. The van der Waals surface area contributed by atoms with Gasteiger partial charge in [0.05, 0.1) is 23.4 Å². The highest BCUT2D eigenvalue weighted by molar-refractivity contribution is 7.87. The molecule has 43 heavy (non-hydrogen) atoms. The number of fused-ring (bicyclic) bond motifs is 3. The van der Waals surface area contributed by atoms with Crippen LogP contribution in [0.4, 0.5) is 11.4 Å². The molecule has 0 fully saturated rings. The van der Waals surface area contributed by atoms with Crippen LogP contribution in [0.15, 0.2) is 101 Å². The zero-order valence-electron chi connectivity index (χ0n) is 24.3. The van der Waals surface area contributed by atoms with Crippen molar-refractivity contribution in [2.75, 3.05) is 11.9 Å². The van der Waals surface area contributed by atoms with E-state index in [0.29, 0.717) is 24.0 Å². The lowest BCUT2D eigenvalue weighted by Gasteiger charge is -2.37. The van der Waals surface area contributed by atoms with E-state index in [2.05, 4.69) is 59.7 Å². The van der Waals surface area contributed by atoms with Crippen molar-refractivity contribution in [3.63, 3.8) is 0 Å². The first-order valence-corrected chi connectivity index (χ1v) is 16.2. The van der Waals surface area contributed by atoms with Crippen LogP contribution in [0.3, 0.4) is 0 Å². The van der Waals surface area contributed by atoms with Crippen LogP contribution in [0.2, 0.25) is 5.02 Å². The Morgan fingerprint density at radius 3 is 2.47 bits per heavy atom. The number of anilines is 1. The van der Waals surface area contributed by atoms with Crippen LogP contribution < -0.4 is 14.2 Å². The average Bonchev–Trinajstić information content (AvgIpc) is 3.49. The molecule has 8 heteroatoms. The first-order valence-electron chi connectivity index (χ1n) is 14.4. The predicted octanol–water partition coefficient (Wildman–Crippen LogP) is 8.70. The van der Waals surface area contributed by atoms with Crippen molar-refractivity contribution < 1.29 is 17.3 Å². The van der Waals surface area contributed by atoms with Crippen LogP contribution in [-0.2, 0) is 10.1 Å². The summed E-state index contributed by atoms with van der Waals surface area (Å²) in [7, 11) is -4.11. The molecule has 0 bridgehead atoms. The smallest absolute Gasteiger partial charge is 0.339 e. The lowest BCUT2D eigenvalue weighted by atomic mass is 9.76. The number of rotatable bonds is 8. The van der Waals surface area contributed by atoms with Gasteiger partial charge in [-0.1, -0.05) is 71.3 Å². The van der Waals surface area contributed by atoms with E-state index in [4.69, 9.17) is 20.5 Å². The molecular formula is C35H33ClN2O4S. The zero-order chi connectivity index (χ0) is 30.1. The number of ether oxygens (including phenoxy) is 1. The van der Waals surface area contributed by atoms with Crippen molar-refractivity contribution in [3.8, 4) is 11.5 Å². The molecule has 0 unspecified atom stereocenters. The molecule has 1 heterocycles. The highest BCUT2D eigenvalue weighted by atomic mass is 35.5. The summed E-state index contributed by atoms with van der Waals surface area (Å²) in [6.45, 7) is 6.13. The maximum Gasteiger partial charge on any atom is 0.339 e. The van der Waals surface area contributed by atoms with E-state index in [0.717, 1.165) is 17.7 Å². The van der Waals surface area contributed by atoms with Crippen LogP contribution in [0, 0.1) is 19.8 Å². The third-order valence-electron chi connectivity index (χ3n) is 7.97. The molecule has 0 aromatic heterocycles. The summed E-state index contributed by atoms with van der Waals surface area (Å²) in [6.07, 6.45) is 7.38. The van der Waals surface area contributed by atoms with Crippen molar-refractivity contribution in [3.05, 3.63) is 124 Å². The summed E-state index contributed by atoms with van der Waals surface area (Å²) in [5.74, 6) is 1.06. The van der Waals surface area contributed by atoms with E-state index in [1.807, 2.05) is 19.1 Å². The Labute approximate surface area is 258 Å². The van der Waals surface area contributed by atoms with Crippen LogP contribution in [0.1, 0.15) is 53.1 Å². The van der Waals surface area contributed by atoms with Gasteiger partial charge in [-0.25, -0.2) is 0 Å². The molecule has 0 saturated heterocycles. The molecule has 0 amide bonds. The Hall–Kier alpha value is -4.07. The third kappa shape index (κ3) is 6.05. The van der Waals surface area contributed by atoms with Crippen LogP contribution >= 0.6 is 11.6 Å². The van der Waals surface area contributed by atoms with Gasteiger partial charge in [0.15, 0.2) is 5.75 Å². The van der Waals surface area contributed by atoms with Gasteiger partial charge in [-0.05, 0) is 92.3 Å². The average molecular weight is 613 g/mol. The lowest BCUT2D eigenvalue weighted by Crippen LogP contribution is -2.29. The molecule has 6 nitrogen and oxygen atoms in total. The molecule has 2 aliphatic rings. The van der Waals surface area contributed by atoms with Crippen molar-refractivity contribution in [2.45, 2.75) is 44.0 Å². The molecule has 0 radical (unpaired) electrons. The van der Waals surface area contributed by atoms with Gasteiger partial charge < -0.3 is 14.2 Å². The quantitative estimate of drug-likeness (QED) is 0.122. The van der Waals surface area contributed by atoms with Crippen molar-refractivity contribution in [1.82, 2.24) is 0 Å². The molecule has 3 atom stereocenters. The second-order valence-electron chi connectivity index (χ2n) is 11.0. The minimum absolute atomic E-state index is 0.0353. The summed E-state index contributed by atoms with van der Waals surface area (Å²) in [5.41, 5.74) is 7.46. The maximum absolute atomic E-state index is 12.9. The number of benzene rings is 4. The maximum atomic E-state index is 12.9. The number of nitrogens with one attached hydrogen (secondary N) is 1. The number of halogens is 1. The molecule has 220 valence electrons. The van der Waals surface area contributed by atoms with Crippen LogP contribution in [0.5, 0.6) is 11.5 Å². The largest absolute Gasteiger partial charge is 0.490 e. The van der Waals surface area contributed by atoms with E-state index >= 15 is 0 Å². The number of hydrogen-bond acceptors (Lipinski definition) is 6. The van der Waals surface area contributed by atoms with Crippen molar-refractivity contribution in [2.24, 2.45) is 10.9 Å². The fourth-order valence-electron chi connectivity index (χ4n) is 5.83. The van der Waals surface area contributed by atoms with E-state index in [1.165, 1.54) is 34.5 Å². The molecule has 1 N–H and O–H groups in total. The normalized spacial score (nSPS) is 19.1. The van der Waals surface area contributed by atoms with Crippen LogP contribution in [-0.4, -0.2) is 21.2 Å². The molecule has 1 aliphatic carbocycles. The van der Waals surface area contributed by atoms with Gasteiger partial charge in [0.1, 0.15) is 4.90 Å². The van der Waals surface area contributed by atoms with E-state index in [1.54, 1.807) is 37.4 Å². The van der Waals surface area contributed by atoms with E-state index in [9.17, 15) is 8.42 Å². The van der Waals surface area contributed by atoms with Crippen LogP contribution in [0.25, 0.3) is 0 Å². The van der Waals surface area contributed by atoms with Gasteiger partial charge >= 0.3 is 10.1 Å². The van der Waals surface area contributed by atoms with Gasteiger partial charge in [0.25, 0.3) is 0 Å². The molecule has 0 saturated carbocycles. The zero-order valence-corrected chi connectivity index (χ0v) is 25.8. The Kier molecular flexibility index (Phi) is 8.03. The summed E-state index contributed by atoms with van der Waals surface area (Å²) in [6, 6.07) is 24.8. The molecule has 0 spiro atoms. The predicted molar refractivity (Wildman–Crippen MR) is 173 cm³/mol. The molecule has 1 aliphatic heterocycles. The number of aryl methyl sites for hydroxylation is 2. The molecule has 6 rings (SSSR count). The van der Waals surface area contributed by atoms with E-state index < -0.39 is 10.1 Å². The summed E-state index contributed by atoms with van der Waals surface area (Å²) in [5, 5.41) is 3.89. The number of hydrogen-bond donors (Lipinski definition) is 1. The monoisotopic (exact) mass is 612 g/mol. The molecular weight excluding hydrogens is 580 g/mol. The highest BCUT2D eigenvalue weighted by Crippen LogP contribution is 2.50. The minimum atomic E-state index is -4.11. The summed E-state index contributed by atoms with van der Waals surface area (Å²) in [4.78, 5) is 4.68. The second-order valence-corrected chi connectivity index (χ2v) is 13.0. The topological polar surface area (TPSA) is 77.0 Å².